The van der Waals surface area contributed by atoms with Crippen LogP contribution in [-0.4, -0.2) is 17.4 Å². The summed E-state index contributed by atoms with van der Waals surface area (Å²) in [4.78, 5) is 22.3. The number of nitro groups is 1. The van der Waals surface area contributed by atoms with Crippen LogP contribution < -0.4 is 10.1 Å². The number of nitrogens with one attached hydrogen (secondary N) is 1. The third-order valence-corrected chi connectivity index (χ3v) is 2.98. The molecular formula is C16H16N2O4. The Bertz CT molecular complexity index is 713. The first kappa shape index (κ1) is 15.5. The molecule has 22 heavy (non-hydrogen) atoms. The number of rotatable bonds is 5. The molecule has 6 nitrogen and oxygen atoms in total. The molecule has 2 rings (SSSR count). The van der Waals surface area contributed by atoms with Crippen LogP contribution in [0.4, 0.5) is 11.4 Å². The van der Waals surface area contributed by atoms with Crippen molar-refractivity contribution < 1.29 is 14.5 Å². The average molecular weight is 300 g/mol. The summed E-state index contributed by atoms with van der Waals surface area (Å²) >= 11 is 0. The number of benzene rings is 2. The lowest BCUT2D eigenvalue weighted by atomic mass is 10.2. The van der Waals surface area contributed by atoms with Crippen molar-refractivity contribution in [2.45, 2.75) is 13.8 Å². The van der Waals surface area contributed by atoms with Gasteiger partial charge in [0, 0.05) is 6.07 Å². The lowest BCUT2D eigenvalue weighted by Gasteiger charge is -2.08. The largest absolute Gasteiger partial charge is 0.484 e. The van der Waals surface area contributed by atoms with Crippen LogP contribution in [0, 0.1) is 24.0 Å². The molecule has 114 valence electrons. The Morgan fingerprint density at radius 1 is 1.18 bits per heavy atom. The van der Waals surface area contributed by atoms with Crippen LogP contribution in [0.1, 0.15) is 11.1 Å². The van der Waals surface area contributed by atoms with Crippen molar-refractivity contribution in [2.75, 3.05) is 11.9 Å². The van der Waals surface area contributed by atoms with E-state index in [1.54, 1.807) is 19.1 Å². The molecule has 0 unspecified atom stereocenters. The molecular weight excluding hydrogens is 284 g/mol. The van der Waals surface area contributed by atoms with E-state index < -0.39 is 10.8 Å². The summed E-state index contributed by atoms with van der Waals surface area (Å²) in [6, 6.07) is 11.9. The molecule has 2 aromatic carbocycles. The van der Waals surface area contributed by atoms with E-state index in [4.69, 9.17) is 4.74 Å². The van der Waals surface area contributed by atoms with E-state index >= 15 is 0 Å². The van der Waals surface area contributed by atoms with E-state index in [1.807, 2.05) is 25.1 Å². The molecule has 0 heterocycles. The minimum Gasteiger partial charge on any atom is -0.484 e. The quantitative estimate of drug-likeness (QED) is 0.679. The van der Waals surface area contributed by atoms with Crippen molar-refractivity contribution in [3.05, 3.63) is 63.7 Å². The summed E-state index contributed by atoms with van der Waals surface area (Å²) in [7, 11) is 0. The SMILES string of the molecule is Cc1cccc(OCC(=O)Nc2ccc(C)cc2[N+](=O)[O-])c1. The van der Waals surface area contributed by atoms with Gasteiger partial charge in [-0.3, -0.25) is 14.9 Å². The number of ether oxygens (including phenoxy) is 1. The Morgan fingerprint density at radius 2 is 1.91 bits per heavy atom. The molecule has 2 aromatic rings. The molecule has 0 saturated carbocycles. The van der Waals surface area contributed by atoms with Crippen molar-refractivity contribution in [1.29, 1.82) is 0 Å². The summed E-state index contributed by atoms with van der Waals surface area (Å²) in [6.45, 7) is 3.45. The van der Waals surface area contributed by atoms with Crippen LogP contribution in [0.5, 0.6) is 5.75 Å². The maximum Gasteiger partial charge on any atom is 0.293 e. The molecule has 1 amide bonds. The van der Waals surface area contributed by atoms with E-state index in [-0.39, 0.29) is 18.0 Å². The highest BCUT2D eigenvalue weighted by atomic mass is 16.6. The van der Waals surface area contributed by atoms with E-state index in [0.717, 1.165) is 11.1 Å². The van der Waals surface area contributed by atoms with Gasteiger partial charge in [0.15, 0.2) is 6.61 Å². The van der Waals surface area contributed by atoms with Gasteiger partial charge >= 0.3 is 0 Å². The topological polar surface area (TPSA) is 81.5 Å². The highest BCUT2D eigenvalue weighted by Gasteiger charge is 2.16. The van der Waals surface area contributed by atoms with Crippen molar-refractivity contribution >= 4 is 17.3 Å². The van der Waals surface area contributed by atoms with Gasteiger partial charge in [-0.05, 0) is 43.2 Å². The molecule has 0 aliphatic carbocycles. The minimum atomic E-state index is -0.524. The van der Waals surface area contributed by atoms with Crippen molar-refractivity contribution in [3.8, 4) is 5.75 Å². The molecule has 0 atom stereocenters. The summed E-state index contributed by atoms with van der Waals surface area (Å²) < 4.78 is 5.36. The minimum absolute atomic E-state index is 0.135. The number of hydrogen-bond acceptors (Lipinski definition) is 4. The van der Waals surface area contributed by atoms with Crippen LogP contribution >= 0.6 is 0 Å². The van der Waals surface area contributed by atoms with Crippen molar-refractivity contribution in [1.82, 2.24) is 0 Å². The highest BCUT2D eigenvalue weighted by molar-refractivity contribution is 5.94. The first-order chi connectivity index (χ1) is 10.5. The first-order valence-corrected chi connectivity index (χ1v) is 6.70. The lowest BCUT2D eigenvalue weighted by Crippen LogP contribution is -2.20. The fourth-order valence-electron chi connectivity index (χ4n) is 1.94. The van der Waals surface area contributed by atoms with Crippen LogP contribution in [-0.2, 0) is 4.79 Å². The molecule has 6 heteroatoms. The number of carbonyl (C=O) groups is 1. The van der Waals surface area contributed by atoms with Gasteiger partial charge in [-0.25, -0.2) is 0 Å². The number of nitro benzene ring substituents is 1. The number of amides is 1. The Morgan fingerprint density at radius 3 is 2.59 bits per heavy atom. The highest BCUT2D eigenvalue weighted by Crippen LogP contribution is 2.25. The van der Waals surface area contributed by atoms with Gasteiger partial charge < -0.3 is 10.1 Å². The summed E-state index contributed by atoms with van der Waals surface area (Å²) in [5, 5.41) is 13.5. The third kappa shape index (κ3) is 4.05. The standard InChI is InChI=1S/C16H16N2O4/c1-11-4-3-5-13(8-11)22-10-16(19)17-14-7-6-12(2)9-15(14)18(20)21/h3-9H,10H2,1-2H3,(H,17,19). The number of aryl methyl sites for hydroxylation is 2. The van der Waals surface area contributed by atoms with E-state index in [9.17, 15) is 14.9 Å². The Labute approximate surface area is 127 Å². The van der Waals surface area contributed by atoms with Gasteiger partial charge in [-0.2, -0.15) is 0 Å². The first-order valence-electron chi connectivity index (χ1n) is 6.70. The van der Waals surface area contributed by atoms with Crippen LogP contribution in [0.25, 0.3) is 0 Å². The molecule has 0 aromatic heterocycles. The number of carbonyl (C=O) groups excluding carboxylic acids is 1. The van der Waals surface area contributed by atoms with Crippen LogP contribution in [0.3, 0.4) is 0 Å². The second-order valence-corrected chi connectivity index (χ2v) is 4.93. The second kappa shape index (κ2) is 6.71. The fourth-order valence-corrected chi connectivity index (χ4v) is 1.94. The maximum atomic E-state index is 11.9. The van der Waals surface area contributed by atoms with E-state index in [0.29, 0.717) is 5.75 Å². The van der Waals surface area contributed by atoms with Crippen molar-refractivity contribution in [3.63, 3.8) is 0 Å². The second-order valence-electron chi connectivity index (χ2n) is 4.93. The molecule has 0 fully saturated rings. The van der Waals surface area contributed by atoms with Gasteiger partial charge in [0.25, 0.3) is 11.6 Å². The van der Waals surface area contributed by atoms with Gasteiger partial charge in [-0.1, -0.05) is 18.2 Å². The zero-order valence-electron chi connectivity index (χ0n) is 12.3. The van der Waals surface area contributed by atoms with Crippen LogP contribution in [0.15, 0.2) is 42.5 Å². The molecule has 0 bridgehead atoms. The van der Waals surface area contributed by atoms with Crippen LogP contribution in [0.2, 0.25) is 0 Å². The third-order valence-electron chi connectivity index (χ3n) is 2.98. The Hall–Kier alpha value is -2.89. The zero-order valence-corrected chi connectivity index (χ0v) is 12.3. The predicted octanol–water partition coefficient (Wildman–Crippen LogP) is 3.23. The molecule has 0 aliphatic heterocycles. The van der Waals surface area contributed by atoms with E-state index in [1.165, 1.54) is 12.1 Å². The normalized spacial score (nSPS) is 10.1. The molecule has 1 N–H and O–H groups in total. The molecule has 0 aliphatic rings. The number of anilines is 1. The summed E-state index contributed by atoms with van der Waals surface area (Å²) in [5.41, 5.74) is 1.80. The molecule has 0 saturated heterocycles. The Balaban J connectivity index is 2.02. The Kier molecular flexibility index (Phi) is 4.73. The molecule has 0 radical (unpaired) electrons. The van der Waals surface area contributed by atoms with Gasteiger partial charge in [0.2, 0.25) is 0 Å². The smallest absolute Gasteiger partial charge is 0.293 e. The van der Waals surface area contributed by atoms with Gasteiger partial charge in [0.1, 0.15) is 11.4 Å². The van der Waals surface area contributed by atoms with Crippen molar-refractivity contribution in [2.24, 2.45) is 0 Å². The maximum absolute atomic E-state index is 11.9. The summed E-state index contributed by atoms with van der Waals surface area (Å²) in [6.07, 6.45) is 0. The molecule has 0 spiro atoms. The van der Waals surface area contributed by atoms with Gasteiger partial charge in [0.05, 0.1) is 4.92 Å². The number of nitrogens with zero attached hydrogens (tertiary/aromatic N) is 1. The lowest BCUT2D eigenvalue weighted by molar-refractivity contribution is -0.384. The zero-order chi connectivity index (χ0) is 16.1. The average Bonchev–Trinajstić information content (AvgIpc) is 2.47. The van der Waals surface area contributed by atoms with Gasteiger partial charge in [-0.15, -0.1) is 0 Å². The van der Waals surface area contributed by atoms with E-state index in [2.05, 4.69) is 5.32 Å². The number of hydrogen-bond donors (Lipinski definition) is 1. The monoisotopic (exact) mass is 300 g/mol. The summed E-state index contributed by atoms with van der Waals surface area (Å²) in [5.74, 6) is 0.127. The predicted molar refractivity (Wildman–Crippen MR) is 83.1 cm³/mol. The fraction of sp³-hybridized carbons (Fsp3) is 0.188.